The van der Waals surface area contributed by atoms with Crippen molar-refractivity contribution in [3.63, 3.8) is 0 Å². The lowest BCUT2D eigenvalue weighted by molar-refractivity contribution is -0.0113. The number of aryl methyl sites for hydroxylation is 1. The van der Waals surface area contributed by atoms with E-state index in [1.807, 2.05) is 0 Å². The molecule has 1 aliphatic heterocycles. The number of rotatable bonds is 6. The third-order valence-electron chi connectivity index (χ3n) is 4.14. The summed E-state index contributed by atoms with van der Waals surface area (Å²) in [7, 11) is 0. The summed E-state index contributed by atoms with van der Waals surface area (Å²) in [5, 5.41) is 3.57. The van der Waals surface area contributed by atoms with Crippen molar-refractivity contribution in [3.05, 3.63) is 29.3 Å². The van der Waals surface area contributed by atoms with Gasteiger partial charge < -0.3 is 14.8 Å². The summed E-state index contributed by atoms with van der Waals surface area (Å²) in [6, 6.07) is 7.13. The Balaban J connectivity index is 1.60. The van der Waals surface area contributed by atoms with Crippen molar-refractivity contribution in [1.82, 2.24) is 5.32 Å². The lowest BCUT2D eigenvalue weighted by atomic mass is 10.1. The Morgan fingerprint density at radius 1 is 1.25 bits per heavy atom. The molecule has 0 aromatic heterocycles. The SMILES string of the molecule is Cc1cccc(CNC2CC2)c1OCC1CCCCO1. The van der Waals surface area contributed by atoms with E-state index >= 15 is 0 Å². The van der Waals surface area contributed by atoms with Crippen molar-refractivity contribution in [2.24, 2.45) is 0 Å². The van der Waals surface area contributed by atoms with E-state index in [9.17, 15) is 0 Å². The first-order valence-corrected chi connectivity index (χ1v) is 7.89. The molecule has 1 N–H and O–H groups in total. The van der Waals surface area contributed by atoms with Gasteiger partial charge in [0.1, 0.15) is 12.4 Å². The van der Waals surface area contributed by atoms with E-state index < -0.39 is 0 Å². The number of nitrogens with one attached hydrogen (secondary N) is 1. The first-order valence-electron chi connectivity index (χ1n) is 7.89. The second-order valence-corrected chi connectivity index (χ2v) is 6.02. The molecule has 1 aromatic rings. The maximum atomic E-state index is 6.10. The zero-order valence-electron chi connectivity index (χ0n) is 12.4. The van der Waals surface area contributed by atoms with Crippen LogP contribution in [0.2, 0.25) is 0 Å². The molecule has 3 nitrogen and oxygen atoms in total. The molecule has 0 amide bonds. The Bertz CT molecular complexity index is 437. The van der Waals surface area contributed by atoms with Crippen molar-refractivity contribution in [2.75, 3.05) is 13.2 Å². The Hall–Kier alpha value is -1.06. The molecule has 0 radical (unpaired) electrons. The van der Waals surface area contributed by atoms with Crippen LogP contribution in [0.25, 0.3) is 0 Å². The molecule has 3 rings (SSSR count). The van der Waals surface area contributed by atoms with Crippen molar-refractivity contribution >= 4 is 0 Å². The standard InChI is InChI=1S/C17H25NO2/c1-13-5-4-6-14(11-18-15-8-9-15)17(13)20-12-16-7-2-3-10-19-16/h4-6,15-16,18H,2-3,7-12H2,1H3. The van der Waals surface area contributed by atoms with Crippen LogP contribution in [0.5, 0.6) is 5.75 Å². The fraction of sp³-hybridized carbons (Fsp3) is 0.647. The highest BCUT2D eigenvalue weighted by atomic mass is 16.5. The van der Waals surface area contributed by atoms with E-state index in [1.165, 1.54) is 36.8 Å². The molecule has 110 valence electrons. The summed E-state index contributed by atoms with van der Waals surface area (Å²) in [6.07, 6.45) is 6.49. The Morgan fingerprint density at radius 2 is 2.15 bits per heavy atom. The molecular formula is C17H25NO2. The molecular weight excluding hydrogens is 250 g/mol. The molecule has 1 aliphatic carbocycles. The molecule has 0 spiro atoms. The number of hydrogen-bond donors (Lipinski definition) is 1. The molecule has 1 saturated carbocycles. The first kappa shape index (κ1) is 13.9. The molecule has 1 aromatic carbocycles. The summed E-state index contributed by atoms with van der Waals surface area (Å²) in [6.45, 7) is 4.60. The third-order valence-corrected chi connectivity index (χ3v) is 4.14. The molecule has 1 saturated heterocycles. The molecule has 2 aliphatic rings. The van der Waals surface area contributed by atoms with Gasteiger partial charge in [-0.25, -0.2) is 0 Å². The van der Waals surface area contributed by atoms with E-state index in [1.54, 1.807) is 0 Å². The predicted molar refractivity (Wildman–Crippen MR) is 80.1 cm³/mol. The number of ether oxygens (including phenoxy) is 2. The van der Waals surface area contributed by atoms with Gasteiger partial charge in [0.05, 0.1) is 6.10 Å². The fourth-order valence-corrected chi connectivity index (χ4v) is 2.72. The Labute approximate surface area is 121 Å². The minimum absolute atomic E-state index is 0.271. The van der Waals surface area contributed by atoms with Crippen LogP contribution in [0.15, 0.2) is 18.2 Å². The van der Waals surface area contributed by atoms with Crippen LogP contribution in [0.3, 0.4) is 0 Å². The zero-order valence-corrected chi connectivity index (χ0v) is 12.4. The Kier molecular flexibility index (Phi) is 4.58. The van der Waals surface area contributed by atoms with E-state index in [2.05, 4.69) is 30.4 Å². The summed E-state index contributed by atoms with van der Waals surface area (Å²) >= 11 is 0. The van der Waals surface area contributed by atoms with Crippen LogP contribution in [0.1, 0.15) is 43.2 Å². The van der Waals surface area contributed by atoms with Gasteiger partial charge in [-0.15, -0.1) is 0 Å². The first-order chi connectivity index (χ1) is 9.83. The van der Waals surface area contributed by atoms with Gasteiger partial charge in [-0.1, -0.05) is 18.2 Å². The summed E-state index contributed by atoms with van der Waals surface area (Å²) < 4.78 is 11.8. The van der Waals surface area contributed by atoms with Crippen molar-refractivity contribution < 1.29 is 9.47 Å². The smallest absolute Gasteiger partial charge is 0.126 e. The van der Waals surface area contributed by atoms with Crippen LogP contribution in [-0.4, -0.2) is 25.4 Å². The van der Waals surface area contributed by atoms with Crippen molar-refractivity contribution in [3.8, 4) is 5.75 Å². The molecule has 1 heterocycles. The largest absolute Gasteiger partial charge is 0.490 e. The lowest BCUT2D eigenvalue weighted by Crippen LogP contribution is -2.26. The summed E-state index contributed by atoms with van der Waals surface area (Å²) in [5.41, 5.74) is 2.49. The molecule has 1 atom stereocenters. The van der Waals surface area contributed by atoms with Gasteiger partial charge >= 0.3 is 0 Å². The average molecular weight is 275 g/mol. The molecule has 1 unspecified atom stereocenters. The summed E-state index contributed by atoms with van der Waals surface area (Å²) in [4.78, 5) is 0. The maximum absolute atomic E-state index is 6.10. The minimum Gasteiger partial charge on any atom is -0.490 e. The summed E-state index contributed by atoms with van der Waals surface area (Å²) in [5.74, 6) is 1.05. The van der Waals surface area contributed by atoms with E-state index in [4.69, 9.17) is 9.47 Å². The van der Waals surface area contributed by atoms with Gasteiger partial charge in [0.15, 0.2) is 0 Å². The molecule has 3 heteroatoms. The molecule has 20 heavy (non-hydrogen) atoms. The number of para-hydroxylation sites is 1. The quantitative estimate of drug-likeness (QED) is 0.865. The van der Waals surface area contributed by atoms with Gasteiger partial charge in [0.25, 0.3) is 0 Å². The normalized spacial score (nSPS) is 22.8. The average Bonchev–Trinajstić information content (AvgIpc) is 3.29. The highest BCUT2D eigenvalue weighted by Crippen LogP contribution is 2.26. The topological polar surface area (TPSA) is 30.5 Å². The predicted octanol–water partition coefficient (Wildman–Crippen LogP) is 3.19. The molecule has 0 bridgehead atoms. The second-order valence-electron chi connectivity index (χ2n) is 6.02. The van der Waals surface area contributed by atoms with Gasteiger partial charge in [0.2, 0.25) is 0 Å². The fourth-order valence-electron chi connectivity index (χ4n) is 2.72. The highest BCUT2D eigenvalue weighted by molar-refractivity contribution is 5.40. The zero-order chi connectivity index (χ0) is 13.8. The lowest BCUT2D eigenvalue weighted by Gasteiger charge is -2.24. The minimum atomic E-state index is 0.271. The second kappa shape index (κ2) is 6.59. The van der Waals surface area contributed by atoms with Crippen molar-refractivity contribution in [1.29, 1.82) is 0 Å². The van der Waals surface area contributed by atoms with Crippen LogP contribution >= 0.6 is 0 Å². The highest BCUT2D eigenvalue weighted by Gasteiger charge is 2.21. The van der Waals surface area contributed by atoms with Crippen LogP contribution in [0.4, 0.5) is 0 Å². The maximum Gasteiger partial charge on any atom is 0.126 e. The van der Waals surface area contributed by atoms with Crippen LogP contribution < -0.4 is 10.1 Å². The van der Waals surface area contributed by atoms with Gasteiger partial charge in [-0.2, -0.15) is 0 Å². The third kappa shape index (κ3) is 3.74. The van der Waals surface area contributed by atoms with Crippen molar-refractivity contribution in [2.45, 2.75) is 57.7 Å². The van der Waals surface area contributed by atoms with E-state index in [0.717, 1.165) is 31.4 Å². The number of hydrogen-bond acceptors (Lipinski definition) is 3. The van der Waals surface area contributed by atoms with Gasteiger partial charge in [0, 0.05) is 24.8 Å². The van der Waals surface area contributed by atoms with Crippen LogP contribution in [-0.2, 0) is 11.3 Å². The van der Waals surface area contributed by atoms with E-state index in [0.29, 0.717) is 6.61 Å². The monoisotopic (exact) mass is 275 g/mol. The van der Waals surface area contributed by atoms with Crippen LogP contribution in [0, 0.1) is 6.92 Å². The van der Waals surface area contributed by atoms with Gasteiger partial charge in [-0.05, 0) is 44.6 Å². The van der Waals surface area contributed by atoms with Gasteiger partial charge in [-0.3, -0.25) is 0 Å². The van der Waals surface area contributed by atoms with E-state index in [-0.39, 0.29) is 6.10 Å². The number of benzene rings is 1. The Morgan fingerprint density at radius 3 is 2.90 bits per heavy atom. The molecule has 2 fully saturated rings.